The van der Waals surface area contributed by atoms with Crippen molar-refractivity contribution in [2.24, 2.45) is 0 Å². The first-order valence-electron chi connectivity index (χ1n) is 10.00. The summed E-state index contributed by atoms with van der Waals surface area (Å²) in [5.41, 5.74) is 3.36. The number of allylic oxidation sites excluding steroid dienone is 1. The van der Waals surface area contributed by atoms with Gasteiger partial charge in [0, 0.05) is 18.2 Å². The fourth-order valence-electron chi connectivity index (χ4n) is 2.02. The monoisotopic (exact) mass is 909 g/mol. The number of halogens is 4. The van der Waals surface area contributed by atoms with E-state index >= 15 is 0 Å². The quantitative estimate of drug-likeness (QED) is 0.0737. The van der Waals surface area contributed by atoms with Gasteiger partial charge in [-0.1, -0.05) is 138 Å². The summed E-state index contributed by atoms with van der Waals surface area (Å²) in [5, 5.41) is 1.21. The van der Waals surface area contributed by atoms with E-state index in [2.05, 4.69) is 94.4 Å². The molecule has 36 heavy (non-hydrogen) atoms. The minimum atomic E-state index is -0.124. The van der Waals surface area contributed by atoms with E-state index in [-0.39, 0.29) is 59.2 Å². The number of rotatable bonds is 4. The molecule has 0 N–H and O–H groups in total. The Hall–Kier alpha value is 0.456. The van der Waals surface area contributed by atoms with Crippen molar-refractivity contribution in [1.82, 2.24) is 5.06 Å². The maximum Gasteiger partial charge on any atom is 2.00 e. The van der Waals surface area contributed by atoms with E-state index < -0.39 is 0 Å². The zero-order valence-electron chi connectivity index (χ0n) is 21.6. The standard InChI is InChI=1S/C10H13NO2.C10H10O.C2H3I3.C2H6.C2H3.CH4.BrH.Mg/c1-8-6-4-5-7-9(8)10(12)11(2)13-3;1-3-10(11)9-7-5-4-6-8(9)2;1-2(3,4)5;2*1-2;;;/h4-7H,1-3H3;3-7H,1H2,2H3;1H3;1-2H3;1H,2H2;1H4;1H;/q;;;;-1;;;+2/p-1. The Morgan fingerprint density at radius 2 is 1.25 bits per heavy atom. The summed E-state index contributed by atoms with van der Waals surface area (Å²) in [6.07, 6.45) is 1.34. The summed E-state index contributed by atoms with van der Waals surface area (Å²) in [7, 11) is 3.06. The maximum atomic E-state index is 11.6. The van der Waals surface area contributed by atoms with Gasteiger partial charge in [-0.15, -0.1) is 0 Å². The van der Waals surface area contributed by atoms with Crippen LogP contribution in [0, 0.1) is 20.4 Å². The van der Waals surface area contributed by atoms with Crippen molar-refractivity contribution >= 4 is 103 Å². The number of hydrogen-bond donors (Lipinski definition) is 0. The summed E-state index contributed by atoms with van der Waals surface area (Å²) in [5.74, 6) is -0.135. The number of alkyl halides is 3. The van der Waals surface area contributed by atoms with E-state index in [4.69, 9.17) is 4.84 Å². The predicted octanol–water partition coefficient (Wildman–Crippen LogP) is 5.85. The zero-order chi connectivity index (χ0) is 26.6. The van der Waals surface area contributed by atoms with E-state index in [0.29, 0.717) is 5.00 Å². The van der Waals surface area contributed by atoms with Crippen molar-refractivity contribution in [2.75, 3.05) is 14.2 Å². The summed E-state index contributed by atoms with van der Waals surface area (Å²) >= 11 is 7.05. The smallest absolute Gasteiger partial charge is 1.00 e. The summed E-state index contributed by atoms with van der Waals surface area (Å²) in [6.45, 7) is 20.4. The van der Waals surface area contributed by atoms with Crippen LogP contribution in [0.2, 0.25) is 0 Å². The third kappa shape index (κ3) is 26.1. The van der Waals surface area contributed by atoms with Gasteiger partial charge in [0.25, 0.3) is 5.91 Å². The largest absolute Gasteiger partial charge is 2.00 e. The molecule has 1 amide bonds. The first-order chi connectivity index (χ1) is 15.4. The number of hydroxylamine groups is 2. The van der Waals surface area contributed by atoms with Crippen LogP contribution in [0.3, 0.4) is 0 Å². The maximum absolute atomic E-state index is 11.6. The molecule has 0 radical (unpaired) electrons. The molecule has 200 valence electrons. The van der Waals surface area contributed by atoms with Gasteiger partial charge in [0.2, 0.25) is 0 Å². The predicted molar refractivity (Wildman–Crippen MR) is 180 cm³/mol. The Labute approximate surface area is 287 Å². The second-order valence-corrected chi connectivity index (χ2v) is 18.6. The first kappa shape index (κ1) is 49.4. The number of carbonyl (C=O) groups excluding carboxylic acids is 2. The van der Waals surface area contributed by atoms with Crippen molar-refractivity contribution in [2.45, 2.75) is 41.5 Å². The fourth-order valence-corrected chi connectivity index (χ4v) is 2.02. The van der Waals surface area contributed by atoms with Crippen molar-refractivity contribution in [3.8, 4) is 0 Å². The van der Waals surface area contributed by atoms with Crippen molar-refractivity contribution in [3.05, 3.63) is 96.6 Å². The van der Waals surface area contributed by atoms with Gasteiger partial charge in [-0.05, 0) is 44.0 Å². The van der Waals surface area contributed by atoms with Crippen LogP contribution in [0.4, 0.5) is 0 Å². The fraction of sp³-hybridized carbons (Fsp3) is 0.333. The molecule has 4 nitrogen and oxygen atoms in total. The molecule has 0 fully saturated rings. The molecule has 0 heterocycles. The molecule has 0 bridgehead atoms. The molecule has 0 saturated carbocycles. The number of benzene rings is 2. The van der Waals surface area contributed by atoms with Crippen LogP contribution < -0.4 is 17.0 Å². The van der Waals surface area contributed by atoms with Gasteiger partial charge >= 0.3 is 23.1 Å². The Kier molecular flexibility index (Phi) is 41.2. The Bertz CT molecular complexity index is 841. The summed E-state index contributed by atoms with van der Waals surface area (Å²) < 4.78 is 0.410. The van der Waals surface area contributed by atoms with Crippen LogP contribution in [0.5, 0.6) is 0 Å². The van der Waals surface area contributed by atoms with Gasteiger partial charge in [-0.2, -0.15) is 0 Å². The van der Waals surface area contributed by atoms with Gasteiger partial charge < -0.3 is 23.6 Å². The second-order valence-electron chi connectivity index (χ2n) is 5.96. The van der Waals surface area contributed by atoms with E-state index in [0.717, 1.165) is 16.7 Å². The van der Waals surface area contributed by atoms with Crippen molar-refractivity contribution < 1.29 is 31.4 Å². The van der Waals surface area contributed by atoms with Gasteiger partial charge in [-0.3, -0.25) is 21.0 Å². The second kappa shape index (κ2) is 30.0. The molecule has 0 aliphatic heterocycles. The van der Waals surface area contributed by atoms with E-state index in [9.17, 15) is 9.59 Å². The number of amides is 1. The molecular weight excluding hydrogens is 871 g/mol. The van der Waals surface area contributed by atoms with Gasteiger partial charge in [-0.25, -0.2) is 5.06 Å². The molecule has 9 heteroatoms. The van der Waals surface area contributed by atoms with E-state index in [1.165, 1.54) is 18.2 Å². The van der Waals surface area contributed by atoms with Gasteiger partial charge in [0.1, 0.15) is -0.565 Å². The molecule has 0 spiro atoms. The van der Waals surface area contributed by atoms with Crippen LogP contribution >= 0.6 is 67.8 Å². The summed E-state index contributed by atoms with van der Waals surface area (Å²) in [4.78, 5) is 27.5. The molecule has 0 aliphatic carbocycles. The molecular formula is C27H39BrI3MgNO3. The Morgan fingerprint density at radius 3 is 1.53 bits per heavy atom. The molecule has 0 saturated heterocycles. The summed E-state index contributed by atoms with van der Waals surface area (Å²) in [6, 6.07) is 14.9. The molecule has 2 aromatic carbocycles. The van der Waals surface area contributed by atoms with Crippen LogP contribution in [-0.2, 0) is 4.84 Å². The normalized spacial score (nSPS) is 8.28. The number of aryl methyl sites for hydroxylation is 2. The molecule has 0 aliphatic rings. The zero-order valence-corrected chi connectivity index (χ0v) is 31.1. The first-order valence-corrected chi connectivity index (χ1v) is 13.2. The molecule has 2 rings (SSSR count). The molecule has 2 aromatic rings. The van der Waals surface area contributed by atoms with Gasteiger partial charge in [0.15, 0.2) is 5.78 Å². The molecule has 0 aromatic heterocycles. The van der Waals surface area contributed by atoms with Crippen molar-refractivity contribution in [1.29, 1.82) is 0 Å². The van der Waals surface area contributed by atoms with Gasteiger partial charge in [0.05, 0.1) is 7.11 Å². The van der Waals surface area contributed by atoms with Crippen molar-refractivity contribution in [3.63, 3.8) is 0 Å². The minimum absolute atomic E-state index is 0. The molecule has 0 atom stereocenters. The SMILES string of the molecule is C.C=CC(=O)c1ccccc1C.CC.CC(I)(I)I.CON(C)C(=O)c1ccccc1C.[Br-].[CH-]=C.[Mg+2]. The van der Waals surface area contributed by atoms with Crippen LogP contribution in [0.1, 0.15) is 60.0 Å². The Morgan fingerprint density at radius 1 is 0.944 bits per heavy atom. The molecule has 0 unspecified atom stereocenters. The topological polar surface area (TPSA) is 46.6 Å². The van der Waals surface area contributed by atoms with Crippen LogP contribution in [-0.4, -0.2) is 53.4 Å². The number of carbonyl (C=O) groups is 2. The van der Waals surface area contributed by atoms with E-state index in [1.54, 1.807) is 19.2 Å². The minimum Gasteiger partial charge on any atom is -1.00 e. The average molecular weight is 911 g/mol. The van der Waals surface area contributed by atoms with Crippen LogP contribution in [0.25, 0.3) is 0 Å². The average Bonchev–Trinajstić information content (AvgIpc) is 2.80. The third-order valence-electron chi connectivity index (χ3n) is 3.53. The number of hydrogen-bond acceptors (Lipinski definition) is 3. The number of nitrogens with zero attached hydrogens (tertiary/aromatic N) is 1. The third-order valence-corrected chi connectivity index (χ3v) is 3.53. The van der Waals surface area contributed by atoms with E-state index in [1.807, 2.05) is 64.1 Å². The number of ketones is 1. The Balaban J connectivity index is -0.0000000895. The van der Waals surface area contributed by atoms with Crippen LogP contribution in [0.15, 0.2) is 67.8 Å².